The van der Waals surface area contributed by atoms with E-state index in [0.717, 1.165) is 11.3 Å². The van der Waals surface area contributed by atoms with Crippen LogP contribution in [0.5, 0.6) is 0 Å². The maximum absolute atomic E-state index is 13.6. The number of nitrogens with two attached hydrogens (primary N) is 2. The second-order valence-electron chi connectivity index (χ2n) is 15.6. The van der Waals surface area contributed by atoms with Crippen LogP contribution in [0.4, 0.5) is 21.9 Å². The number of hydrogen-bond acceptors (Lipinski definition) is 10. The van der Waals surface area contributed by atoms with Crippen molar-refractivity contribution in [2.75, 3.05) is 31.5 Å². The van der Waals surface area contributed by atoms with Gasteiger partial charge in [-0.25, -0.2) is 4.79 Å². The van der Waals surface area contributed by atoms with Crippen molar-refractivity contribution in [3.63, 3.8) is 0 Å². The number of aliphatic imine (C=N–C) groups is 1. The van der Waals surface area contributed by atoms with E-state index in [0.29, 0.717) is 50.0 Å². The van der Waals surface area contributed by atoms with Gasteiger partial charge >= 0.3 is 6.09 Å². The zero-order chi connectivity index (χ0) is 44.4. The summed E-state index contributed by atoms with van der Waals surface area (Å²) < 4.78 is 5.57. The maximum Gasteiger partial charge on any atom is 0.410 e. The van der Waals surface area contributed by atoms with Gasteiger partial charge in [-0.05, 0) is 92.8 Å². The molecular formula is C44H57N11O7. The molecule has 2 heterocycles. The Morgan fingerprint density at radius 1 is 0.742 bits per heavy atom. The summed E-state index contributed by atoms with van der Waals surface area (Å²) in [5.74, 6) is -2.57. The first kappa shape index (κ1) is 46.2. The van der Waals surface area contributed by atoms with Crippen molar-refractivity contribution in [2.24, 2.45) is 32.6 Å². The zero-order valence-corrected chi connectivity index (χ0v) is 35.2. The van der Waals surface area contributed by atoms with Crippen molar-refractivity contribution < 1.29 is 33.5 Å². The molecule has 2 saturated heterocycles. The van der Waals surface area contributed by atoms with Crippen LogP contribution in [-0.2, 0) is 35.3 Å². The van der Waals surface area contributed by atoms with Gasteiger partial charge in [0.1, 0.15) is 30.8 Å². The van der Waals surface area contributed by atoms with E-state index in [2.05, 4.69) is 36.5 Å². The lowest BCUT2D eigenvalue weighted by atomic mass is 10.0. The van der Waals surface area contributed by atoms with E-state index in [1.165, 1.54) is 9.80 Å². The van der Waals surface area contributed by atoms with E-state index >= 15 is 0 Å². The van der Waals surface area contributed by atoms with Gasteiger partial charge in [0, 0.05) is 25.3 Å². The Hall–Kier alpha value is -6.85. The fourth-order valence-electron chi connectivity index (χ4n) is 7.24. The summed E-state index contributed by atoms with van der Waals surface area (Å²) in [5.41, 5.74) is 13.5. The molecule has 18 heteroatoms. The number of para-hydroxylation sites is 1. The van der Waals surface area contributed by atoms with E-state index in [1.54, 1.807) is 48.5 Å². The molecule has 2 aliphatic heterocycles. The van der Waals surface area contributed by atoms with Gasteiger partial charge in [-0.3, -0.25) is 33.9 Å². The number of nitrogens with zero attached hydrogens (tertiary/aromatic N) is 5. The number of ether oxygens (including phenoxy) is 1. The minimum atomic E-state index is -0.994. The summed E-state index contributed by atoms with van der Waals surface area (Å²) in [6, 6.07) is 21.6. The topological polar surface area (TPSA) is 255 Å². The molecule has 2 aliphatic rings. The standard InChI is InChI=1S/C44H57N11O7/c1-29(2)26-35(51-42(60)37-18-11-25-55(37)44(61)62-28-30-19-21-33(22-20-30)53-52-32-14-7-4-8-15-32)39(57)48-27-38(56)54-24-10-17-36(54)41(59)50-34(16-9-23-47-43(45)46)40(58)49-31-12-5-3-6-13-31/h3-8,12-15,19-22,29,34-37H,9-11,16-18,23-28H2,1-2H3,(H,48,57)(H,49,58)(H,50,59)(H,51,60)(H4,45,46,47)/t34-,35+,36-,37+/m1/s1. The average molecular weight is 852 g/mol. The van der Waals surface area contributed by atoms with Crippen LogP contribution in [0.3, 0.4) is 0 Å². The van der Waals surface area contributed by atoms with Gasteiger partial charge in [0.25, 0.3) is 0 Å². The Morgan fingerprint density at radius 3 is 1.95 bits per heavy atom. The molecule has 6 amide bonds. The van der Waals surface area contributed by atoms with Crippen LogP contribution in [-0.4, -0.2) is 102 Å². The smallest absolute Gasteiger partial charge is 0.410 e. The molecule has 2 fully saturated rings. The lowest BCUT2D eigenvalue weighted by molar-refractivity contribution is -0.139. The van der Waals surface area contributed by atoms with Crippen LogP contribution in [0.2, 0.25) is 0 Å². The Balaban J connectivity index is 1.12. The summed E-state index contributed by atoms with van der Waals surface area (Å²) >= 11 is 0. The number of anilines is 1. The van der Waals surface area contributed by atoms with Crippen molar-refractivity contribution in [3.05, 3.63) is 90.5 Å². The first-order chi connectivity index (χ1) is 29.9. The quantitative estimate of drug-likeness (QED) is 0.0440. The molecule has 330 valence electrons. The van der Waals surface area contributed by atoms with Gasteiger partial charge in [-0.1, -0.05) is 62.4 Å². The molecule has 3 aromatic rings. The van der Waals surface area contributed by atoms with Crippen LogP contribution < -0.4 is 32.7 Å². The normalized spacial score (nSPS) is 17.0. The SMILES string of the molecule is CC(C)C[C@H](NC(=O)[C@@H]1CCCN1C(=O)OCc1ccc(N=Nc2ccccc2)cc1)C(=O)NCC(=O)N1CCC[C@@H]1C(=O)N[C@H](CCCN=C(N)N)C(=O)Nc1ccccc1. The lowest BCUT2D eigenvalue weighted by Crippen LogP contribution is -2.55. The molecule has 8 N–H and O–H groups in total. The Bertz CT molecular complexity index is 2040. The third-order valence-electron chi connectivity index (χ3n) is 10.4. The molecule has 0 saturated carbocycles. The predicted molar refractivity (Wildman–Crippen MR) is 233 cm³/mol. The molecule has 0 unspecified atom stereocenters. The maximum atomic E-state index is 13.6. The highest BCUT2D eigenvalue weighted by Crippen LogP contribution is 2.23. The fourth-order valence-corrected chi connectivity index (χ4v) is 7.24. The number of likely N-dealkylation sites (tertiary alicyclic amines) is 2. The molecule has 5 rings (SSSR count). The molecule has 0 radical (unpaired) electrons. The van der Waals surface area contributed by atoms with Crippen molar-refractivity contribution in [1.82, 2.24) is 25.8 Å². The first-order valence-corrected chi connectivity index (χ1v) is 21.0. The largest absolute Gasteiger partial charge is 0.445 e. The number of carbonyl (C=O) groups is 6. The summed E-state index contributed by atoms with van der Waals surface area (Å²) in [5, 5.41) is 19.5. The minimum Gasteiger partial charge on any atom is -0.445 e. The first-order valence-electron chi connectivity index (χ1n) is 21.0. The average Bonchev–Trinajstić information content (AvgIpc) is 3.97. The van der Waals surface area contributed by atoms with Gasteiger partial charge < -0.3 is 42.4 Å². The predicted octanol–water partition coefficient (Wildman–Crippen LogP) is 4.02. The molecule has 4 atom stereocenters. The second-order valence-corrected chi connectivity index (χ2v) is 15.6. The zero-order valence-electron chi connectivity index (χ0n) is 35.2. The number of carbonyl (C=O) groups excluding carboxylic acids is 6. The van der Waals surface area contributed by atoms with E-state index in [1.807, 2.05) is 50.2 Å². The van der Waals surface area contributed by atoms with Gasteiger partial charge in [0.15, 0.2) is 5.96 Å². The molecule has 0 spiro atoms. The number of benzene rings is 3. The van der Waals surface area contributed by atoms with Crippen molar-refractivity contribution in [2.45, 2.75) is 89.6 Å². The van der Waals surface area contributed by atoms with Crippen LogP contribution in [0.1, 0.15) is 64.4 Å². The molecule has 0 aliphatic carbocycles. The second kappa shape index (κ2) is 23.2. The third kappa shape index (κ3) is 14.1. The summed E-state index contributed by atoms with van der Waals surface area (Å²) in [7, 11) is 0. The highest BCUT2D eigenvalue weighted by atomic mass is 16.6. The number of azo groups is 1. The highest BCUT2D eigenvalue weighted by Gasteiger charge is 2.38. The molecule has 3 aromatic carbocycles. The number of nitrogens with one attached hydrogen (secondary N) is 4. The van der Waals surface area contributed by atoms with E-state index < -0.39 is 66.3 Å². The molecule has 0 aromatic heterocycles. The van der Waals surface area contributed by atoms with E-state index in [9.17, 15) is 28.8 Å². The number of amides is 6. The van der Waals surface area contributed by atoms with Gasteiger partial charge in [0.05, 0.1) is 17.9 Å². The Labute approximate surface area is 361 Å². The van der Waals surface area contributed by atoms with Gasteiger partial charge in [0.2, 0.25) is 29.5 Å². The van der Waals surface area contributed by atoms with Crippen LogP contribution >= 0.6 is 0 Å². The van der Waals surface area contributed by atoms with E-state index in [-0.39, 0.29) is 44.4 Å². The van der Waals surface area contributed by atoms with Crippen molar-refractivity contribution >= 4 is 58.7 Å². The fraction of sp³-hybridized carbons (Fsp3) is 0.432. The lowest BCUT2D eigenvalue weighted by Gasteiger charge is -2.28. The van der Waals surface area contributed by atoms with Crippen LogP contribution in [0.25, 0.3) is 0 Å². The Kier molecular flexibility index (Phi) is 17.3. The summed E-state index contributed by atoms with van der Waals surface area (Å²) in [6.45, 7) is 4.22. The molecule has 62 heavy (non-hydrogen) atoms. The third-order valence-corrected chi connectivity index (χ3v) is 10.4. The van der Waals surface area contributed by atoms with Crippen molar-refractivity contribution in [3.8, 4) is 0 Å². The summed E-state index contributed by atoms with van der Waals surface area (Å²) in [6.07, 6.45) is 2.14. The molecular weight excluding hydrogens is 795 g/mol. The summed E-state index contributed by atoms with van der Waals surface area (Å²) in [4.78, 5) is 87.5. The van der Waals surface area contributed by atoms with Crippen LogP contribution in [0.15, 0.2) is 100 Å². The van der Waals surface area contributed by atoms with E-state index in [4.69, 9.17) is 16.2 Å². The molecule has 18 nitrogen and oxygen atoms in total. The van der Waals surface area contributed by atoms with Crippen molar-refractivity contribution in [1.29, 1.82) is 0 Å². The number of hydrogen-bond donors (Lipinski definition) is 6. The monoisotopic (exact) mass is 851 g/mol. The van der Waals surface area contributed by atoms with Gasteiger partial charge in [-0.2, -0.15) is 10.2 Å². The minimum absolute atomic E-state index is 0.00393. The number of guanidine groups is 1. The Morgan fingerprint density at radius 2 is 1.32 bits per heavy atom. The molecule has 0 bridgehead atoms. The number of rotatable bonds is 19. The van der Waals surface area contributed by atoms with Crippen LogP contribution in [0, 0.1) is 5.92 Å². The highest BCUT2D eigenvalue weighted by molar-refractivity contribution is 5.99. The van der Waals surface area contributed by atoms with Gasteiger partial charge in [-0.15, -0.1) is 0 Å².